The van der Waals surface area contributed by atoms with Gasteiger partial charge in [-0.1, -0.05) is 19.8 Å². The number of unbranched alkanes of at least 4 members (excludes halogenated alkanes) is 1. The number of Topliss-reactive ketones (excluding diaryl/α,β-unsaturated/α-hetero) is 1. The highest BCUT2D eigenvalue weighted by atomic mass is 16.2. The predicted octanol–water partition coefficient (Wildman–Crippen LogP) is 0.529. The Morgan fingerprint density at radius 1 is 1.29 bits per heavy atom. The van der Waals surface area contributed by atoms with E-state index in [-0.39, 0.29) is 11.9 Å². The molecule has 0 heterocycles. The number of ketones is 1. The van der Waals surface area contributed by atoms with Gasteiger partial charge in [0.25, 0.3) is 5.91 Å². The summed E-state index contributed by atoms with van der Waals surface area (Å²) in [5.74, 6) is -1.37. The Hall–Kier alpha value is -1.39. The van der Waals surface area contributed by atoms with E-state index in [2.05, 4.69) is 10.6 Å². The lowest BCUT2D eigenvalue weighted by atomic mass is 10.0. The smallest absolute Gasteiger partial charge is 0.289 e. The van der Waals surface area contributed by atoms with Crippen molar-refractivity contribution in [1.29, 1.82) is 0 Å². The Morgan fingerprint density at radius 3 is 2.41 bits per heavy atom. The quantitative estimate of drug-likeness (QED) is 0.637. The Balaban J connectivity index is 2.49. The van der Waals surface area contributed by atoms with Gasteiger partial charge in [-0.25, -0.2) is 0 Å². The van der Waals surface area contributed by atoms with E-state index in [4.69, 9.17) is 0 Å². The third kappa shape index (κ3) is 4.97. The molecule has 1 aliphatic rings. The minimum Gasteiger partial charge on any atom is -0.347 e. The topological polar surface area (TPSA) is 75.3 Å². The SMILES string of the molecule is CCCC[C@H](NC(C)=O)C(=O)C(=O)NC1CC1. The van der Waals surface area contributed by atoms with E-state index in [1.807, 2.05) is 6.92 Å². The summed E-state index contributed by atoms with van der Waals surface area (Å²) in [7, 11) is 0. The molecule has 0 saturated heterocycles. The van der Waals surface area contributed by atoms with Crippen molar-refractivity contribution < 1.29 is 14.4 Å². The fourth-order valence-corrected chi connectivity index (χ4v) is 1.56. The fourth-order valence-electron chi connectivity index (χ4n) is 1.56. The maximum Gasteiger partial charge on any atom is 0.289 e. The van der Waals surface area contributed by atoms with Gasteiger partial charge in [0.2, 0.25) is 11.7 Å². The summed E-state index contributed by atoms with van der Waals surface area (Å²) in [6.45, 7) is 3.35. The Morgan fingerprint density at radius 2 is 1.94 bits per heavy atom. The zero-order valence-corrected chi connectivity index (χ0v) is 10.4. The molecule has 0 radical (unpaired) electrons. The van der Waals surface area contributed by atoms with Gasteiger partial charge < -0.3 is 10.6 Å². The monoisotopic (exact) mass is 240 g/mol. The lowest BCUT2D eigenvalue weighted by molar-refractivity contribution is -0.140. The van der Waals surface area contributed by atoms with E-state index >= 15 is 0 Å². The maximum absolute atomic E-state index is 11.8. The van der Waals surface area contributed by atoms with Gasteiger partial charge in [0.05, 0.1) is 6.04 Å². The first-order valence-corrected chi connectivity index (χ1v) is 6.16. The van der Waals surface area contributed by atoms with Crippen molar-refractivity contribution >= 4 is 17.6 Å². The van der Waals surface area contributed by atoms with Crippen LogP contribution in [0.3, 0.4) is 0 Å². The van der Waals surface area contributed by atoms with Crippen LogP contribution in [0, 0.1) is 0 Å². The number of amides is 2. The van der Waals surface area contributed by atoms with Crippen LogP contribution in [0.4, 0.5) is 0 Å². The van der Waals surface area contributed by atoms with Gasteiger partial charge in [0.15, 0.2) is 0 Å². The van der Waals surface area contributed by atoms with E-state index < -0.39 is 17.7 Å². The number of hydrogen-bond donors (Lipinski definition) is 2. The number of rotatable bonds is 7. The second-order valence-corrected chi connectivity index (χ2v) is 4.51. The van der Waals surface area contributed by atoms with Crippen molar-refractivity contribution in [2.75, 3.05) is 0 Å². The molecule has 0 aromatic rings. The lowest BCUT2D eigenvalue weighted by Crippen LogP contribution is -2.47. The third-order valence-electron chi connectivity index (χ3n) is 2.68. The van der Waals surface area contributed by atoms with Gasteiger partial charge in [0.1, 0.15) is 0 Å². The minimum absolute atomic E-state index is 0.163. The molecule has 0 bridgehead atoms. The molecule has 0 aromatic heterocycles. The molecular formula is C12H20N2O3. The molecule has 2 amide bonds. The first kappa shape index (κ1) is 13.7. The highest BCUT2D eigenvalue weighted by molar-refractivity contribution is 6.38. The molecule has 5 heteroatoms. The molecule has 0 spiro atoms. The second-order valence-electron chi connectivity index (χ2n) is 4.51. The van der Waals surface area contributed by atoms with Crippen LogP contribution >= 0.6 is 0 Å². The zero-order valence-electron chi connectivity index (χ0n) is 10.4. The van der Waals surface area contributed by atoms with Crippen LogP contribution in [0.15, 0.2) is 0 Å². The highest BCUT2D eigenvalue weighted by Gasteiger charge is 2.30. The number of hydrogen-bond acceptors (Lipinski definition) is 3. The van der Waals surface area contributed by atoms with Crippen LogP contribution in [0.2, 0.25) is 0 Å². The summed E-state index contributed by atoms with van der Waals surface area (Å²) in [5.41, 5.74) is 0. The summed E-state index contributed by atoms with van der Waals surface area (Å²) >= 11 is 0. The van der Waals surface area contributed by atoms with Crippen molar-refractivity contribution in [1.82, 2.24) is 10.6 Å². The Labute approximate surface area is 101 Å². The standard InChI is InChI=1S/C12H20N2O3/c1-3-4-5-10(13-8(2)15)11(16)12(17)14-9-6-7-9/h9-10H,3-7H2,1-2H3,(H,13,15)(H,14,17)/t10-/m0/s1. The van der Waals surface area contributed by atoms with Crippen molar-refractivity contribution in [2.24, 2.45) is 0 Å². The van der Waals surface area contributed by atoms with Crippen molar-refractivity contribution in [3.05, 3.63) is 0 Å². The van der Waals surface area contributed by atoms with E-state index in [9.17, 15) is 14.4 Å². The van der Waals surface area contributed by atoms with E-state index in [1.165, 1.54) is 6.92 Å². The lowest BCUT2D eigenvalue weighted by Gasteiger charge is -2.15. The molecule has 1 saturated carbocycles. The molecule has 96 valence electrons. The number of carbonyl (C=O) groups excluding carboxylic acids is 3. The molecule has 2 N–H and O–H groups in total. The molecular weight excluding hydrogens is 220 g/mol. The van der Waals surface area contributed by atoms with Crippen molar-refractivity contribution in [3.63, 3.8) is 0 Å². The van der Waals surface area contributed by atoms with Crippen LogP contribution in [-0.2, 0) is 14.4 Å². The summed E-state index contributed by atoms with van der Waals surface area (Å²) in [4.78, 5) is 34.4. The summed E-state index contributed by atoms with van der Waals surface area (Å²) in [6, 6.07) is -0.512. The van der Waals surface area contributed by atoms with E-state index in [0.717, 1.165) is 25.7 Å². The van der Waals surface area contributed by atoms with Crippen LogP contribution in [-0.4, -0.2) is 29.7 Å². The van der Waals surface area contributed by atoms with Gasteiger partial charge >= 0.3 is 0 Å². The van der Waals surface area contributed by atoms with Crippen molar-refractivity contribution in [3.8, 4) is 0 Å². The van der Waals surface area contributed by atoms with E-state index in [0.29, 0.717) is 6.42 Å². The molecule has 0 aromatic carbocycles. The van der Waals surface area contributed by atoms with Gasteiger partial charge in [-0.15, -0.1) is 0 Å². The first-order valence-electron chi connectivity index (χ1n) is 6.16. The largest absolute Gasteiger partial charge is 0.347 e. The van der Waals surface area contributed by atoms with E-state index in [1.54, 1.807) is 0 Å². The molecule has 1 fully saturated rings. The highest BCUT2D eigenvalue weighted by Crippen LogP contribution is 2.18. The Bertz CT molecular complexity index is 311. The van der Waals surface area contributed by atoms with Gasteiger partial charge in [-0.2, -0.15) is 0 Å². The molecule has 5 nitrogen and oxygen atoms in total. The molecule has 1 atom stereocenters. The molecule has 17 heavy (non-hydrogen) atoms. The fraction of sp³-hybridized carbons (Fsp3) is 0.750. The van der Waals surface area contributed by atoms with Crippen LogP contribution in [0.5, 0.6) is 0 Å². The summed E-state index contributed by atoms with van der Waals surface area (Å²) in [5, 5.41) is 5.18. The average Bonchev–Trinajstić information content (AvgIpc) is 3.06. The van der Waals surface area contributed by atoms with Gasteiger partial charge in [-0.05, 0) is 19.3 Å². The number of carbonyl (C=O) groups is 3. The van der Waals surface area contributed by atoms with Crippen LogP contribution in [0.1, 0.15) is 46.0 Å². The minimum atomic E-state index is -0.675. The summed E-state index contributed by atoms with van der Waals surface area (Å²) in [6.07, 6.45) is 4.14. The molecule has 0 aliphatic heterocycles. The normalized spacial score (nSPS) is 16.1. The maximum atomic E-state index is 11.8. The molecule has 0 unspecified atom stereocenters. The van der Waals surface area contributed by atoms with Gasteiger partial charge in [0, 0.05) is 13.0 Å². The molecule has 1 aliphatic carbocycles. The third-order valence-corrected chi connectivity index (χ3v) is 2.68. The van der Waals surface area contributed by atoms with Crippen LogP contribution in [0.25, 0.3) is 0 Å². The summed E-state index contributed by atoms with van der Waals surface area (Å²) < 4.78 is 0. The first-order chi connectivity index (χ1) is 8.04. The van der Waals surface area contributed by atoms with Crippen LogP contribution < -0.4 is 10.6 Å². The Kier molecular flexibility index (Phi) is 5.12. The zero-order chi connectivity index (χ0) is 12.8. The number of nitrogens with one attached hydrogen (secondary N) is 2. The molecule has 1 rings (SSSR count). The predicted molar refractivity (Wildman–Crippen MR) is 63.3 cm³/mol. The van der Waals surface area contributed by atoms with Gasteiger partial charge in [-0.3, -0.25) is 14.4 Å². The van der Waals surface area contributed by atoms with Crippen molar-refractivity contribution in [2.45, 2.75) is 58.0 Å². The second kappa shape index (κ2) is 6.37. The average molecular weight is 240 g/mol.